The van der Waals surface area contributed by atoms with Gasteiger partial charge in [0.1, 0.15) is 0 Å². The van der Waals surface area contributed by atoms with Crippen molar-refractivity contribution in [3.05, 3.63) is 60.2 Å². The first-order chi connectivity index (χ1) is 13.6. The second kappa shape index (κ2) is 9.67. The number of hydrogen-bond acceptors (Lipinski definition) is 5. The molecule has 0 unspecified atom stereocenters. The average molecular weight is 419 g/mol. The second-order valence-electron chi connectivity index (χ2n) is 6.91. The molecule has 0 fully saturated rings. The lowest BCUT2D eigenvalue weighted by atomic mass is 9.85. The Morgan fingerprint density at radius 1 is 1.03 bits per heavy atom. The highest BCUT2D eigenvalue weighted by Crippen LogP contribution is 2.28. The van der Waals surface area contributed by atoms with E-state index in [4.69, 9.17) is 9.88 Å². The van der Waals surface area contributed by atoms with Gasteiger partial charge in [0.15, 0.2) is 6.10 Å². The fraction of sp³-hybridized carbons (Fsp3) is 0.333. The van der Waals surface area contributed by atoms with E-state index >= 15 is 0 Å². The Kier molecular flexibility index (Phi) is 7.53. The van der Waals surface area contributed by atoms with E-state index in [2.05, 4.69) is 5.32 Å². The van der Waals surface area contributed by atoms with E-state index in [9.17, 15) is 18.0 Å². The number of sulfonamides is 1. The van der Waals surface area contributed by atoms with Crippen molar-refractivity contribution < 1.29 is 22.7 Å². The minimum absolute atomic E-state index is 0.0471. The molecule has 0 spiro atoms. The van der Waals surface area contributed by atoms with Crippen LogP contribution in [0.15, 0.2) is 59.5 Å². The van der Waals surface area contributed by atoms with Crippen LogP contribution in [-0.4, -0.2) is 26.4 Å². The van der Waals surface area contributed by atoms with Crippen LogP contribution in [0.25, 0.3) is 0 Å². The van der Waals surface area contributed by atoms with Gasteiger partial charge in [-0.05, 0) is 42.7 Å². The lowest BCUT2D eigenvalue weighted by Gasteiger charge is -2.23. The zero-order valence-electron chi connectivity index (χ0n) is 16.7. The van der Waals surface area contributed by atoms with Crippen molar-refractivity contribution >= 4 is 27.6 Å². The second-order valence-corrected chi connectivity index (χ2v) is 8.47. The maximum absolute atomic E-state index is 12.8. The molecule has 0 aliphatic rings. The van der Waals surface area contributed by atoms with Crippen LogP contribution < -0.4 is 10.5 Å². The molecule has 2 aromatic rings. The molecule has 3 N–H and O–H groups in total. The van der Waals surface area contributed by atoms with E-state index in [-0.39, 0.29) is 10.8 Å². The minimum atomic E-state index is -3.81. The number of esters is 1. The molecule has 0 heterocycles. The fourth-order valence-corrected chi connectivity index (χ4v) is 3.38. The van der Waals surface area contributed by atoms with Crippen LogP contribution in [0.1, 0.15) is 38.7 Å². The lowest BCUT2D eigenvalue weighted by molar-refractivity contribution is -0.155. The average Bonchev–Trinajstić information content (AvgIpc) is 2.68. The molecule has 0 aliphatic carbocycles. The first kappa shape index (κ1) is 22.6. The lowest BCUT2D eigenvalue weighted by Crippen LogP contribution is -2.33. The molecule has 2 aromatic carbocycles. The van der Waals surface area contributed by atoms with Gasteiger partial charge in [-0.1, -0.05) is 50.6 Å². The molecule has 3 atom stereocenters. The summed E-state index contributed by atoms with van der Waals surface area (Å²) in [6, 6.07) is 14.7. The van der Waals surface area contributed by atoms with E-state index in [1.807, 2.05) is 44.2 Å². The maximum atomic E-state index is 12.8. The van der Waals surface area contributed by atoms with Crippen molar-refractivity contribution in [2.24, 2.45) is 11.1 Å². The summed E-state index contributed by atoms with van der Waals surface area (Å²) in [4.78, 5) is 25.1. The van der Waals surface area contributed by atoms with Crippen LogP contribution in [0.3, 0.4) is 0 Å². The largest absolute Gasteiger partial charge is 0.452 e. The molecule has 0 aromatic heterocycles. The number of anilines is 1. The third-order valence-electron chi connectivity index (χ3n) is 4.74. The van der Waals surface area contributed by atoms with Gasteiger partial charge in [0, 0.05) is 5.69 Å². The highest BCUT2D eigenvalue weighted by Gasteiger charge is 2.30. The highest BCUT2D eigenvalue weighted by molar-refractivity contribution is 7.89. The SMILES string of the molecule is CC[C@H](C)[C@@H](C(=O)O[C@@H](C)C(=O)Nc1ccc(S(N)(=O)=O)cc1)c1ccccc1. The van der Waals surface area contributed by atoms with Crippen LogP contribution >= 0.6 is 0 Å². The molecular weight excluding hydrogens is 392 g/mol. The van der Waals surface area contributed by atoms with Gasteiger partial charge in [-0.25, -0.2) is 13.6 Å². The summed E-state index contributed by atoms with van der Waals surface area (Å²) in [5, 5.41) is 7.65. The molecule has 0 aliphatic heterocycles. The van der Waals surface area contributed by atoms with Crippen LogP contribution in [0, 0.1) is 5.92 Å². The Labute approximate surface area is 171 Å². The molecular formula is C21H26N2O5S. The number of nitrogens with one attached hydrogen (secondary N) is 1. The number of hydrogen-bond donors (Lipinski definition) is 2. The summed E-state index contributed by atoms with van der Waals surface area (Å²) in [6.45, 7) is 5.45. The Morgan fingerprint density at radius 3 is 2.14 bits per heavy atom. The summed E-state index contributed by atoms with van der Waals surface area (Å²) in [7, 11) is -3.81. The van der Waals surface area contributed by atoms with Crippen molar-refractivity contribution in [2.45, 2.75) is 44.1 Å². The monoisotopic (exact) mass is 418 g/mol. The Balaban J connectivity index is 2.06. The van der Waals surface area contributed by atoms with Gasteiger partial charge in [-0.15, -0.1) is 0 Å². The van der Waals surface area contributed by atoms with E-state index in [0.29, 0.717) is 5.69 Å². The van der Waals surface area contributed by atoms with Crippen molar-refractivity contribution in [1.29, 1.82) is 0 Å². The molecule has 8 heteroatoms. The van der Waals surface area contributed by atoms with Gasteiger partial charge in [-0.2, -0.15) is 0 Å². The number of amides is 1. The molecule has 29 heavy (non-hydrogen) atoms. The molecule has 0 saturated heterocycles. The van der Waals surface area contributed by atoms with Gasteiger partial charge in [0.2, 0.25) is 10.0 Å². The Hall–Kier alpha value is -2.71. The third-order valence-corrected chi connectivity index (χ3v) is 5.67. The Bertz CT molecular complexity index is 943. The number of nitrogens with two attached hydrogens (primary N) is 1. The van der Waals surface area contributed by atoms with Gasteiger partial charge < -0.3 is 10.1 Å². The fourth-order valence-electron chi connectivity index (χ4n) is 2.87. The standard InChI is InChI=1S/C21H26N2O5S/c1-4-14(2)19(16-8-6-5-7-9-16)21(25)28-15(3)20(24)23-17-10-12-18(13-11-17)29(22,26)27/h5-15,19H,4H2,1-3H3,(H,23,24)(H2,22,26,27)/t14-,15-,19+/m0/s1. The summed E-state index contributed by atoms with van der Waals surface area (Å²) in [6.07, 6.45) is -0.235. The molecule has 156 valence electrons. The summed E-state index contributed by atoms with van der Waals surface area (Å²) in [5.41, 5.74) is 1.21. The first-order valence-corrected chi connectivity index (χ1v) is 10.9. The predicted octanol–water partition coefficient (Wildman–Crippen LogP) is 3.03. The smallest absolute Gasteiger partial charge is 0.314 e. The number of carbonyl (C=O) groups excluding carboxylic acids is 2. The summed E-state index contributed by atoms with van der Waals surface area (Å²) < 4.78 is 28.0. The maximum Gasteiger partial charge on any atom is 0.314 e. The van der Waals surface area contributed by atoms with Crippen LogP contribution in [0.2, 0.25) is 0 Å². The van der Waals surface area contributed by atoms with E-state index < -0.39 is 33.9 Å². The zero-order valence-corrected chi connectivity index (χ0v) is 17.5. The molecule has 1 amide bonds. The molecule has 0 saturated carbocycles. The molecule has 7 nitrogen and oxygen atoms in total. The first-order valence-electron chi connectivity index (χ1n) is 9.32. The van der Waals surface area contributed by atoms with Gasteiger partial charge in [-0.3, -0.25) is 9.59 Å². The quantitative estimate of drug-likeness (QED) is 0.639. The van der Waals surface area contributed by atoms with Crippen molar-refractivity contribution in [1.82, 2.24) is 0 Å². The van der Waals surface area contributed by atoms with E-state index in [0.717, 1.165) is 12.0 Å². The number of carbonyl (C=O) groups is 2. The minimum Gasteiger partial charge on any atom is -0.452 e. The normalized spacial score (nSPS) is 14.5. The predicted molar refractivity (Wildman–Crippen MR) is 111 cm³/mol. The van der Waals surface area contributed by atoms with Crippen molar-refractivity contribution in [3.8, 4) is 0 Å². The van der Waals surface area contributed by atoms with Crippen molar-refractivity contribution in [2.75, 3.05) is 5.32 Å². The number of benzene rings is 2. The Morgan fingerprint density at radius 2 is 1.62 bits per heavy atom. The van der Waals surface area contributed by atoms with Crippen LogP contribution in [0.4, 0.5) is 5.69 Å². The van der Waals surface area contributed by atoms with Gasteiger partial charge in [0.05, 0.1) is 10.8 Å². The van der Waals surface area contributed by atoms with E-state index in [1.54, 1.807) is 0 Å². The topological polar surface area (TPSA) is 116 Å². The number of primary sulfonamides is 1. The van der Waals surface area contributed by atoms with Gasteiger partial charge in [0.25, 0.3) is 5.91 Å². The molecule has 0 radical (unpaired) electrons. The molecule has 0 bridgehead atoms. The zero-order chi connectivity index (χ0) is 21.6. The van der Waals surface area contributed by atoms with Crippen LogP contribution in [0.5, 0.6) is 0 Å². The van der Waals surface area contributed by atoms with Crippen LogP contribution in [-0.2, 0) is 24.3 Å². The molecule has 2 rings (SSSR count). The number of rotatable bonds is 8. The summed E-state index contributed by atoms with van der Waals surface area (Å²) in [5.74, 6) is -1.40. The highest BCUT2D eigenvalue weighted by atomic mass is 32.2. The van der Waals surface area contributed by atoms with Gasteiger partial charge >= 0.3 is 5.97 Å². The van der Waals surface area contributed by atoms with E-state index in [1.165, 1.54) is 31.2 Å². The number of ether oxygens (including phenoxy) is 1. The summed E-state index contributed by atoms with van der Waals surface area (Å²) >= 11 is 0. The third kappa shape index (κ3) is 6.13. The van der Waals surface area contributed by atoms with Crippen molar-refractivity contribution in [3.63, 3.8) is 0 Å².